The summed E-state index contributed by atoms with van der Waals surface area (Å²) in [5, 5.41) is 0. The Morgan fingerprint density at radius 3 is 2.86 bits per heavy atom. The van der Waals surface area contributed by atoms with Crippen LogP contribution in [0.5, 0.6) is 0 Å². The lowest BCUT2D eigenvalue weighted by Gasteiger charge is -2.27. The molecule has 2 N–H and O–H groups in total. The van der Waals surface area contributed by atoms with E-state index >= 15 is 0 Å². The van der Waals surface area contributed by atoms with Gasteiger partial charge in [-0.15, -0.1) is 4.99 Å². The van der Waals surface area contributed by atoms with Gasteiger partial charge in [-0.2, -0.15) is 9.48 Å². The average molecular weight is 293 g/mol. The second-order valence-corrected chi connectivity index (χ2v) is 4.72. The molecule has 0 aromatic carbocycles. The normalized spacial score (nSPS) is 21.3. The van der Waals surface area contributed by atoms with Crippen molar-refractivity contribution in [3.8, 4) is 0 Å². The number of carbonyl (C=O) groups excluding carboxylic acids is 3. The van der Waals surface area contributed by atoms with E-state index in [0.717, 1.165) is 11.3 Å². The molecule has 21 heavy (non-hydrogen) atoms. The largest absolute Gasteiger partial charge is 0.496 e. The minimum absolute atomic E-state index is 0.291. The number of primary amides is 1. The molecule has 0 saturated carbocycles. The molecule has 0 bridgehead atoms. The Hall–Kier alpha value is -2.51. The Balaban J connectivity index is 2.40. The minimum Gasteiger partial charge on any atom is -0.496 e. The van der Waals surface area contributed by atoms with Gasteiger partial charge in [-0.25, -0.2) is 4.79 Å². The van der Waals surface area contributed by atoms with Crippen LogP contribution in [-0.4, -0.2) is 59.6 Å². The molecule has 0 aliphatic carbocycles. The number of urea groups is 1. The molecule has 2 rings (SSSR count). The number of fused-ring (bicyclic) bond motifs is 1. The van der Waals surface area contributed by atoms with Gasteiger partial charge in [-0.1, -0.05) is 6.92 Å². The third-order valence-corrected chi connectivity index (χ3v) is 3.15. The van der Waals surface area contributed by atoms with Crippen molar-refractivity contribution in [1.82, 2.24) is 4.90 Å². The third-order valence-electron chi connectivity index (χ3n) is 3.15. The Morgan fingerprint density at radius 1 is 1.52 bits per heavy atom. The molecular weight excluding hydrogens is 276 g/mol. The van der Waals surface area contributed by atoms with E-state index in [1.807, 2.05) is 6.92 Å². The molecule has 2 aliphatic rings. The van der Waals surface area contributed by atoms with Crippen molar-refractivity contribution in [2.24, 2.45) is 16.6 Å². The molecule has 0 radical (unpaired) electrons. The van der Waals surface area contributed by atoms with Crippen molar-refractivity contribution >= 4 is 29.9 Å². The van der Waals surface area contributed by atoms with Crippen LogP contribution < -0.4 is 5.73 Å². The van der Waals surface area contributed by atoms with E-state index in [0.29, 0.717) is 18.2 Å². The van der Waals surface area contributed by atoms with Crippen LogP contribution in [0.4, 0.5) is 4.79 Å². The Kier molecular flexibility index (Phi) is 4.15. The Bertz CT molecular complexity index is 591. The summed E-state index contributed by atoms with van der Waals surface area (Å²) in [5.74, 6) is -1.41. The molecule has 1 unspecified atom stereocenters. The quantitative estimate of drug-likeness (QED) is 0.689. The number of nitrogens with zero attached hydrogens (tertiary/aromatic N) is 3. The van der Waals surface area contributed by atoms with Crippen LogP contribution in [0, 0.1) is 5.92 Å². The van der Waals surface area contributed by atoms with Gasteiger partial charge in [0.2, 0.25) is 0 Å². The van der Waals surface area contributed by atoms with E-state index in [1.165, 1.54) is 17.8 Å². The highest BCUT2D eigenvalue weighted by atomic mass is 16.5. The molecule has 0 aromatic rings. The van der Waals surface area contributed by atoms with Crippen LogP contribution in [0.25, 0.3) is 0 Å². The Morgan fingerprint density at radius 2 is 2.24 bits per heavy atom. The van der Waals surface area contributed by atoms with E-state index in [2.05, 4.69) is 4.99 Å². The van der Waals surface area contributed by atoms with Crippen LogP contribution in [0.2, 0.25) is 0 Å². The van der Waals surface area contributed by atoms with Gasteiger partial charge in [0.1, 0.15) is 12.0 Å². The predicted octanol–water partition coefficient (Wildman–Crippen LogP) is -0.514. The van der Waals surface area contributed by atoms with Crippen molar-refractivity contribution in [3.05, 3.63) is 11.8 Å². The number of nitrogens with two attached hydrogens (primary N) is 1. The van der Waals surface area contributed by atoms with Gasteiger partial charge >= 0.3 is 11.9 Å². The monoisotopic (exact) mass is 293 g/mol. The van der Waals surface area contributed by atoms with E-state index in [1.54, 1.807) is 6.08 Å². The summed E-state index contributed by atoms with van der Waals surface area (Å²) in [6, 6.07) is -0.626. The second-order valence-electron chi connectivity index (χ2n) is 4.72. The zero-order chi connectivity index (χ0) is 15.6. The summed E-state index contributed by atoms with van der Waals surface area (Å²) in [4.78, 5) is 40.6. The lowest BCUT2D eigenvalue weighted by molar-refractivity contribution is -0.408. The van der Waals surface area contributed by atoms with Crippen molar-refractivity contribution in [1.29, 1.82) is 0 Å². The molecule has 8 heteroatoms. The molecule has 1 atom stereocenters. The first-order valence-corrected chi connectivity index (χ1v) is 6.58. The Labute approximate surface area is 121 Å². The van der Waals surface area contributed by atoms with Crippen molar-refractivity contribution in [2.45, 2.75) is 13.3 Å². The molecule has 0 aromatic heterocycles. The number of amides is 4. The molecule has 0 spiro atoms. The van der Waals surface area contributed by atoms with Gasteiger partial charge < -0.3 is 10.5 Å². The lowest BCUT2D eigenvalue weighted by Crippen LogP contribution is -2.56. The highest BCUT2D eigenvalue weighted by Gasteiger charge is 2.49. The number of carbonyl (C=O) groups is 3. The van der Waals surface area contributed by atoms with Gasteiger partial charge in [-0.3, -0.25) is 9.59 Å². The first-order chi connectivity index (χ1) is 9.97. The summed E-state index contributed by atoms with van der Waals surface area (Å²) >= 11 is 0. The highest BCUT2D eigenvalue weighted by molar-refractivity contribution is 6.16. The zero-order valence-corrected chi connectivity index (χ0v) is 11.9. The van der Waals surface area contributed by atoms with Crippen molar-refractivity contribution in [3.63, 3.8) is 0 Å². The highest BCUT2D eigenvalue weighted by Crippen LogP contribution is 2.24. The number of hydrogen-bond donors (Lipinski definition) is 1. The summed E-state index contributed by atoms with van der Waals surface area (Å²) in [6.45, 7) is 1.93. The number of amidine groups is 1. The number of ether oxygens (including phenoxy) is 1. The number of aliphatic imine (C=N–C) groups is 1. The van der Waals surface area contributed by atoms with Crippen LogP contribution in [-0.2, 0) is 14.3 Å². The fourth-order valence-electron chi connectivity index (χ4n) is 2.18. The van der Waals surface area contributed by atoms with Gasteiger partial charge in [0.25, 0.3) is 11.7 Å². The van der Waals surface area contributed by atoms with E-state index in [-0.39, 0.29) is 0 Å². The summed E-state index contributed by atoms with van der Waals surface area (Å²) in [6.07, 6.45) is 3.86. The zero-order valence-electron chi connectivity index (χ0n) is 11.9. The van der Waals surface area contributed by atoms with E-state index in [4.69, 9.17) is 10.5 Å². The first-order valence-electron chi connectivity index (χ1n) is 6.58. The standard InChI is InChI=1S/C13H16N4O4/c1-3-6-21-8-4-5-15-11-10(8)12(19)17(7-9(14)18)13(20)16(11)2/h4-5,10H,3,6-7H2,1-2H3,(H-,14,18)/p+1. The molecule has 2 aliphatic heterocycles. The topological polar surface area (TPSA) is 105 Å². The van der Waals surface area contributed by atoms with Crippen LogP contribution >= 0.6 is 0 Å². The minimum atomic E-state index is -0.816. The van der Waals surface area contributed by atoms with Crippen LogP contribution in [0.15, 0.2) is 16.8 Å². The van der Waals surface area contributed by atoms with E-state index in [9.17, 15) is 14.4 Å². The number of imide groups is 1. The van der Waals surface area contributed by atoms with Crippen LogP contribution in [0.1, 0.15) is 13.3 Å². The molecular formula is C13H17N4O4+. The number of hydrogen-bond acceptors (Lipinski definition) is 5. The number of dihydropyridines is 1. The first kappa shape index (κ1) is 14.9. The van der Waals surface area contributed by atoms with E-state index < -0.39 is 30.3 Å². The van der Waals surface area contributed by atoms with Gasteiger partial charge in [0, 0.05) is 6.08 Å². The summed E-state index contributed by atoms with van der Waals surface area (Å²) < 4.78 is 6.79. The van der Waals surface area contributed by atoms with Gasteiger partial charge in [0.15, 0.2) is 12.5 Å². The fourth-order valence-corrected chi connectivity index (χ4v) is 2.18. The predicted molar refractivity (Wildman–Crippen MR) is 73.8 cm³/mol. The third kappa shape index (κ3) is 2.69. The fraction of sp³-hybridized carbons (Fsp3) is 0.462. The molecule has 0 saturated heterocycles. The molecule has 4 amide bonds. The molecule has 0 fully saturated rings. The number of rotatable bonds is 5. The summed E-state index contributed by atoms with van der Waals surface area (Å²) in [7, 11) is 1.49. The smallest absolute Gasteiger partial charge is 0.446 e. The average Bonchev–Trinajstić information content (AvgIpc) is 2.46. The van der Waals surface area contributed by atoms with Crippen molar-refractivity contribution in [2.75, 3.05) is 20.2 Å². The van der Waals surface area contributed by atoms with Crippen LogP contribution in [0.3, 0.4) is 0 Å². The maximum absolute atomic E-state index is 12.5. The van der Waals surface area contributed by atoms with Crippen molar-refractivity contribution < 1.29 is 23.7 Å². The number of allylic oxidation sites excluding steroid dienone is 1. The molecule has 2 heterocycles. The lowest BCUT2D eigenvalue weighted by atomic mass is 9.99. The summed E-state index contributed by atoms with van der Waals surface area (Å²) in [5.41, 5.74) is 5.09. The maximum atomic E-state index is 12.5. The molecule has 8 nitrogen and oxygen atoms in total. The van der Waals surface area contributed by atoms with Gasteiger partial charge in [-0.05, 0) is 6.42 Å². The molecule has 112 valence electrons. The maximum Gasteiger partial charge on any atom is 0.446 e. The van der Waals surface area contributed by atoms with Gasteiger partial charge in [0.05, 0.1) is 13.7 Å². The second kappa shape index (κ2) is 5.86. The SMILES string of the molecule is CCCOC1=CC=NC2=[N+](C)C(=O)N(CC(N)=O)C(=O)C12.